The van der Waals surface area contributed by atoms with Crippen molar-refractivity contribution in [2.75, 3.05) is 0 Å². The summed E-state index contributed by atoms with van der Waals surface area (Å²) >= 11 is 0. The lowest BCUT2D eigenvalue weighted by Crippen LogP contribution is -2.00. The van der Waals surface area contributed by atoms with Gasteiger partial charge in [0.15, 0.2) is 23.1 Å². The molecule has 0 fully saturated rings. The zero-order valence-corrected chi connectivity index (χ0v) is 37.2. The Hall–Kier alpha value is -9.39. The summed E-state index contributed by atoms with van der Waals surface area (Å²) in [6.45, 7) is 0. The zero-order valence-electron chi connectivity index (χ0n) is 37.2. The molecule has 0 bridgehead atoms. The highest BCUT2D eigenvalue weighted by Gasteiger charge is 2.25. The summed E-state index contributed by atoms with van der Waals surface area (Å²) in [6, 6.07) is 83.1. The van der Waals surface area contributed by atoms with Gasteiger partial charge in [-0.05, 0) is 76.9 Å². The summed E-state index contributed by atoms with van der Waals surface area (Å²) in [5.74, 6) is 1.83. The molecule has 0 aliphatic rings. The van der Waals surface area contributed by atoms with Gasteiger partial charge in [-0.3, -0.25) is 0 Å². The Morgan fingerprint density at radius 2 is 0.855 bits per heavy atom. The van der Waals surface area contributed by atoms with Crippen molar-refractivity contribution in [3.8, 4) is 67.8 Å². The van der Waals surface area contributed by atoms with Crippen molar-refractivity contribution in [1.82, 2.24) is 24.1 Å². The van der Waals surface area contributed by atoms with Crippen molar-refractivity contribution in [3.63, 3.8) is 0 Å². The van der Waals surface area contributed by atoms with E-state index in [1.165, 1.54) is 21.9 Å². The molecule has 0 radical (unpaired) electrons. The van der Waals surface area contributed by atoms with Crippen LogP contribution in [0, 0.1) is 0 Å². The number of para-hydroxylation sites is 3. The van der Waals surface area contributed by atoms with Crippen molar-refractivity contribution >= 4 is 65.6 Å². The van der Waals surface area contributed by atoms with Gasteiger partial charge in [-0.1, -0.05) is 182 Å². The third kappa shape index (κ3) is 6.23. The van der Waals surface area contributed by atoms with Gasteiger partial charge in [0.2, 0.25) is 0 Å². The second-order valence-electron chi connectivity index (χ2n) is 17.5. The van der Waals surface area contributed by atoms with E-state index in [0.717, 1.165) is 94.0 Å². The van der Waals surface area contributed by atoms with Gasteiger partial charge in [-0.25, -0.2) is 15.0 Å². The molecule has 14 aromatic rings. The lowest BCUT2D eigenvalue weighted by molar-refractivity contribution is 0.666. The van der Waals surface area contributed by atoms with Crippen molar-refractivity contribution < 1.29 is 4.42 Å². The Morgan fingerprint density at radius 3 is 1.59 bits per heavy atom. The highest BCUT2D eigenvalue weighted by atomic mass is 16.3. The molecule has 0 unspecified atom stereocenters. The van der Waals surface area contributed by atoms with E-state index in [1.54, 1.807) is 0 Å². The Morgan fingerprint density at radius 1 is 0.319 bits per heavy atom. The van der Waals surface area contributed by atoms with Crippen LogP contribution in [0.5, 0.6) is 0 Å². The normalized spacial score (nSPS) is 11.8. The van der Waals surface area contributed by atoms with E-state index in [2.05, 4.69) is 221 Å². The first-order chi connectivity index (χ1) is 34.2. The van der Waals surface area contributed by atoms with Crippen LogP contribution in [-0.2, 0) is 0 Å². The van der Waals surface area contributed by atoms with Crippen LogP contribution in [0.4, 0.5) is 0 Å². The molecule has 0 amide bonds. The molecule has 10 aromatic carbocycles. The number of rotatable bonds is 7. The summed E-state index contributed by atoms with van der Waals surface area (Å²) in [7, 11) is 0. The van der Waals surface area contributed by atoms with Gasteiger partial charge in [0.25, 0.3) is 0 Å². The van der Waals surface area contributed by atoms with Gasteiger partial charge >= 0.3 is 0 Å². The minimum absolute atomic E-state index is 0.602. The molecule has 4 aromatic heterocycles. The first-order valence-electron chi connectivity index (χ1n) is 23.3. The van der Waals surface area contributed by atoms with Gasteiger partial charge in [-0.2, -0.15) is 0 Å². The third-order valence-electron chi connectivity index (χ3n) is 13.6. The van der Waals surface area contributed by atoms with Crippen molar-refractivity contribution in [2.24, 2.45) is 0 Å². The van der Waals surface area contributed by atoms with E-state index < -0.39 is 0 Å². The first-order valence-corrected chi connectivity index (χ1v) is 23.3. The van der Waals surface area contributed by atoms with Crippen LogP contribution in [0.1, 0.15) is 0 Å². The van der Waals surface area contributed by atoms with Crippen LogP contribution in [0.25, 0.3) is 133 Å². The summed E-state index contributed by atoms with van der Waals surface area (Å²) in [6.07, 6.45) is 0. The van der Waals surface area contributed by atoms with Gasteiger partial charge < -0.3 is 13.6 Å². The van der Waals surface area contributed by atoms with Crippen LogP contribution >= 0.6 is 0 Å². The lowest BCUT2D eigenvalue weighted by Gasteiger charge is -2.11. The largest absolute Gasteiger partial charge is 0.454 e. The van der Waals surface area contributed by atoms with Crippen molar-refractivity contribution in [1.29, 1.82) is 0 Å². The van der Waals surface area contributed by atoms with E-state index in [-0.39, 0.29) is 0 Å². The highest BCUT2D eigenvalue weighted by Crippen LogP contribution is 2.46. The molecule has 0 saturated carbocycles. The van der Waals surface area contributed by atoms with E-state index >= 15 is 0 Å². The minimum atomic E-state index is 0.602. The predicted octanol–water partition coefficient (Wildman–Crippen LogP) is 16.3. The Labute approximate surface area is 396 Å². The lowest BCUT2D eigenvalue weighted by atomic mass is 10.0. The fourth-order valence-electron chi connectivity index (χ4n) is 10.5. The second kappa shape index (κ2) is 15.6. The minimum Gasteiger partial charge on any atom is -0.454 e. The average Bonchev–Trinajstić information content (AvgIpc) is 4.09. The van der Waals surface area contributed by atoms with Crippen LogP contribution in [0.15, 0.2) is 241 Å². The van der Waals surface area contributed by atoms with E-state index in [1.807, 2.05) is 24.3 Å². The summed E-state index contributed by atoms with van der Waals surface area (Å²) in [5.41, 5.74) is 15.4. The Bertz CT molecular complexity index is 4270. The molecule has 69 heavy (non-hydrogen) atoms. The number of hydrogen-bond acceptors (Lipinski definition) is 4. The highest BCUT2D eigenvalue weighted by molar-refractivity contribution is 6.27. The molecule has 0 aliphatic carbocycles. The zero-order chi connectivity index (χ0) is 45.4. The monoisotopic (exact) mass is 881 g/mol. The van der Waals surface area contributed by atoms with Crippen molar-refractivity contribution in [2.45, 2.75) is 0 Å². The SMILES string of the molecule is c1ccc(-c2ccc(-c3nc(-c4ccccc4)nc(-c4cccc5c4c4ccc6oc7c(-n8c9ccccc9c9cc(-c%10ccccc%10)ccc98)cccc7c6c4n5-c4ccccc4)n3)cc2)cc1. The quantitative estimate of drug-likeness (QED) is 0.160. The number of furan rings is 1. The van der Waals surface area contributed by atoms with E-state index in [0.29, 0.717) is 17.5 Å². The first kappa shape index (κ1) is 38.8. The maximum Gasteiger partial charge on any atom is 0.164 e. The maximum atomic E-state index is 7.11. The standard InChI is InChI=1S/C63H39N5O/c1-5-17-40(18-6-1)42-31-33-44(34-32-42)62-64-61(43-21-9-3-10-22-43)65-63(66-62)50-27-16-29-54-57(50)48-36-38-56-58(59(48)67(54)46-23-11-4-12-24-46)49-26-15-30-55(60(49)69-56)68-52-28-14-13-25-47(52)51-39-45(35-37-53(51)68)41-19-7-2-8-20-41/h1-39H. The van der Waals surface area contributed by atoms with Crippen LogP contribution < -0.4 is 0 Å². The molecule has 0 spiro atoms. The average molecular weight is 882 g/mol. The summed E-state index contributed by atoms with van der Waals surface area (Å²) in [5, 5.41) is 6.59. The van der Waals surface area contributed by atoms with E-state index in [4.69, 9.17) is 19.4 Å². The number of benzene rings is 10. The van der Waals surface area contributed by atoms with Crippen LogP contribution in [0.3, 0.4) is 0 Å². The molecule has 0 saturated heterocycles. The molecule has 14 rings (SSSR count). The summed E-state index contributed by atoms with van der Waals surface area (Å²) < 4.78 is 11.9. The van der Waals surface area contributed by atoms with Gasteiger partial charge in [0.05, 0.1) is 33.1 Å². The fourth-order valence-corrected chi connectivity index (χ4v) is 10.5. The maximum absolute atomic E-state index is 7.11. The molecule has 0 aliphatic heterocycles. The summed E-state index contributed by atoms with van der Waals surface area (Å²) in [4.78, 5) is 15.7. The Kier molecular flexibility index (Phi) is 8.79. The van der Waals surface area contributed by atoms with Crippen LogP contribution in [0.2, 0.25) is 0 Å². The number of hydrogen-bond donors (Lipinski definition) is 0. The van der Waals surface area contributed by atoms with Gasteiger partial charge in [-0.15, -0.1) is 0 Å². The molecule has 0 N–H and O–H groups in total. The van der Waals surface area contributed by atoms with Crippen LogP contribution in [-0.4, -0.2) is 24.1 Å². The predicted molar refractivity (Wildman–Crippen MR) is 283 cm³/mol. The topological polar surface area (TPSA) is 61.7 Å². The third-order valence-corrected chi connectivity index (χ3v) is 13.6. The number of nitrogens with zero attached hydrogens (tertiary/aromatic N) is 5. The van der Waals surface area contributed by atoms with E-state index in [9.17, 15) is 0 Å². The molecular formula is C63H39N5O. The number of fused-ring (bicyclic) bond motifs is 10. The molecule has 6 nitrogen and oxygen atoms in total. The molecule has 6 heteroatoms. The second-order valence-corrected chi connectivity index (χ2v) is 17.5. The fraction of sp³-hybridized carbons (Fsp3) is 0. The molecular weight excluding hydrogens is 843 g/mol. The van der Waals surface area contributed by atoms with Gasteiger partial charge in [0, 0.05) is 49.3 Å². The van der Waals surface area contributed by atoms with Gasteiger partial charge in [0.1, 0.15) is 5.58 Å². The molecule has 4 heterocycles. The smallest absolute Gasteiger partial charge is 0.164 e. The molecule has 322 valence electrons. The number of aromatic nitrogens is 5. The Balaban J connectivity index is 1.01. The molecule has 0 atom stereocenters. The van der Waals surface area contributed by atoms with Crippen molar-refractivity contribution in [3.05, 3.63) is 237 Å².